The number of hydrogen-bond acceptors (Lipinski definition) is 6. The Morgan fingerprint density at radius 2 is 2.07 bits per heavy atom. The molecule has 0 bridgehead atoms. The van der Waals surface area contributed by atoms with Gasteiger partial charge in [-0.2, -0.15) is 0 Å². The summed E-state index contributed by atoms with van der Waals surface area (Å²) in [4.78, 5) is 28.6. The molecule has 150 valence electrons. The summed E-state index contributed by atoms with van der Waals surface area (Å²) in [7, 11) is -1.38. The van der Waals surface area contributed by atoms with Crippen molar-refractivity contribution in [3.8, 4) is 0 Å². The van der Waals surface area contributed by atoms with Gasteiger partial charge in [-0.15, -0.1) is 0 Å². The van der Waals surface area contributed by atoms with Gasteiger partial charge in [0, 0.05) is 26.1 Å². The molecule has 0 N–H and O–H groups in total. The van der Waals surface area contributed by atoms with Crippen LogP contribution >= 0.6 is 24.0 Å². The Labute approximate surface area is 174 Å². The topological polar surface area (TPSA) is 74.8 Å². The van der Waals surface area contributed by atoms with Crippen molar-refractivity contribution in [3.63, 3.8) is 0 Å². The summed E-state index contributed by atoms with van der Waals surface area (Å²) in [5.41, 5.74) is 0.936. The van der Waals surface area contributed by atoms with Crippen molar-refractivity contribution in [1.82, 2.24) is 9.80 Å². The monoisotopic (exact) mass is 438 g/mol. The molecule has 2 aliphatic heterocycles. The van der Waals surface area contributed by atoms with Crippen LogP contribution in [0.3, 0.4) is 0 Å². The second-order valence-electron chi connectivity index (χ2n) is 6.91. The molecular weight excluding hydrogens is 416 g/mol. The van der Waals surface area contributed by atoms with Crippen molar-refractivity contribution in [1.29, 1.82) is 0 Å². The molecule has 2 aliphatic rings. The maximum absolute atomic E-state index is 12.6. The van der Waals surface area contributed by atoms with Crippen LogP contribution in [0.2, 0.25) is 0 Å². The minimum atomic E-state index is -3.03. The van der Waals surface area contributed by atoms with Crippen molar-refractivity contribution < 1.29 is 18.0 Å². The zero-order valence-corrected chi connectivity index (χ0v) is 18.0. The zero-order chi connectivity index (χ0) is 20.3. The lowest BCUT2D eigenvalue weighted by Gasteiger charge is -2.24. The molecule has 0 radical (unpaired) electrons. The number of thiocarbonyl (C=S) groups is 1. The fraction of sp³-hybridized carbons (Fsp3) is 0.421. The van der Waals surface area contributed by atoms with Crippen LogP contribution < -0.4 is 0 Å². The molecule has 3 rings (SSSR count). The standard InChI is InChI=1S/C19H22N2O4S3/c1-20(15-9-11-28(24,25)13-15)17(22)8-5-10-21-18(23)16(27-19(21)26)12-14-6-3-2-4-7-14/h2-4,6-7,12,15H,5,8-11,13H2,1H3/b16-12-. The van der Waals surface area contributed by atoms with E-state index in [0.717, 1.165) is 5.56 Å². The Bertz CT molecular complexity index is 912. The lowest BCUT2D eigenvalue weighted by Crippen LogP contribution is -2.38. The van der Waals surface area contributed by atoms with Gasteiger partial charge in [-0.25, -0.2) is 8.42 Å². The molecule has 1 aromatic rings. The Morgan fingerprint density at radius 3 is 2.71 bits per heavy atom. The molecule has 1 atom stereocenters. The largest absolute Gasteiger partial charge is 0.342 e. The van der Waals surface area contributed by atoms with E-state index in [9.17, 15) is 18.0 Å². The second kappa shape index (κ2) is 8.75. The number of hydrogen-bond donors (Lipinski definition) is 0. The fourth-order valence-electron chi connectivity index (χ4n) is 3.24. The summed E-state index contributed by atoms with van der Waals surface area (Å²) in [6, 6.07) is 9.32. The van der Waals surface area contributed by atoms with Crippen LogP contribution in [-0.2, 0) is 19.4 Å². The van der Waals surface area contributed by atoms with Gasteiger partial charge in [0.2, 0.25) is 5.91 Å². The van der Waals surface area contributed by atoms with Crippen LogP contribution in [0.1, 0.15) is 24.8 Å². The molecule has 0 aromatic heterocycles. The number of nitrogens with zero attached hydrogens (tertiary/aromatic N) is 2. The van der Waals surface area contributed by atoms with E-state index >= 15 is 0 Å². The van der Waals surface area contributed by atoms with Crippen LogP contribution in [0.15, 0.2) is 35.2 Å². The lowest BCUT2D eigenvalue weighted by molar-refractivity contribution is -0.132. The van der Waals surface area contributed by atoms with E-state index in [1.165, 1.54) is 21.6 Å². The molecule has 0 saturated carbocycles. The summed E-state index contributed by atoms with van der Waals surface area (Å²) >= 11 is 6.59. The highest BCUT2D eigenvalue weighted by atomic mass is 32.2. The molecule has 1 unspecified atom stereocenters. The number of carbonyl (C=O) groups excluding carboxylic acids is 2. The third kappa shape index (κ3) is 5.01. The number of thioether (sulfide) groups is 1. The smallest absolute Gasteiger partial charge is 0.266 e. The van der Waals surface area contributed by atoms with Crippen LogP contribution in [0.4, 0.5) is 0 Å². The Morgan fingerprint density at radius 1 is 1.36 bits per heavy atom. The van der Waals surface area contributed by atoms with E-state index in [0.29, 0.717) is 28.6 Å². The van der Waals surface area contributed by atoms with Crippen molar-refractivity contribution >= 4 is 56.0 Å². The van der Waals surface area contributed by atoms with E-state index in [1.54, 1.807) is 7.05 Å². The maximum Gasteiger partial charge on any atom is 0.266 e. The first kappa shape index (κ1) is 21.0. The van der Waals surface area contributed by atoms with Crippen LogP contribution in [0.25, 0.3) is 6.08 Å². The zero-order valence-electron chi connectivity index (χ0n) is 15.5. The summed E-state index contributed by atoms with van der Waals surface area (Å²) < 4.78 is 23.7. The first-order valence-corrected chi connectivity index (χ1v) is 12.1. The van der Waals surface area contributed by atoms with Crippen molar-refractivity contribution in [2.45, 2.75) is 25.3 Å². The van der Waals surface area contributed by atoms with E-state index < -0.39 is 9.84 Å². The van der Waals surface area contributed by atoms with Crippen LogP contribution in [0.5, 0.6) is 0 Å². The second-order valence-corrected chi connectivity index (χ2v) is 10.8. The highest BCUT2D eigenvalue weighted by molar-refractivity contribution is 8.26. The fourth-order valence-corrected chi connectivity index (χ4v) is 6.33. The van der Waals surface area contributed by atoms with Gasteiger partial charge < -0.3 is 4.90 Å². The first-order chi connectivity index (χ1) is 13.3. The first-order valence-electron chi connectivity index (χ1n) is 9.03. The van der Waals surface area contributed by atoms with E-state index in [4.69, 9.17) is 12.2 Å². The molecule has 0 aliphatic carbocycles. The van der Waals surface area contributed by atoms with Gasteiger partial charge in [-0.05, 0) is 24.5 Å². The highest BCUT2D eigenvalue weighted by Gasteiger charge is 2.34. The molecule has 0 spiro atoms. The third-order valence-electron chi connectivity index (χ3n) is 4.89. The van der Waals surface area contributed by atoms with E-state index in [1.807, 2.05) is 36.4 Å². The van der Waals surface area contributed by atoms with Crippen LogP contribution in [-0.4, -0.2) is 65.5 Å². The average Bonchev–Trinajstić information content (AvgIpc) is 3.15. The maximum atomic E-state index is 12.6. The van der Waals surface area contributed by atoms with Crippen LogP contribution in [0, 0.1) is 0 Å². The quantitative estimate of drug-likeness (QED) is 0.501. The molecule has 6 nitrogen and oxygen atoms in total. The van der Waals surface area contributed by atoms with Gasteiger partial charge in [0.05, 0.1) is 16.4 Å². The summed E-state index contributed by atoms with van der Waals surface area (Å²) in [5.74, 6) is -0.0673. The van der Waals surface area contributed by atoms with E-state index in [2.05, 4.69) is 0 Å². The SMILES string of the molecule is CN(C(=O)CCCN1C(=O)/C(=C/c2ccccc2)SC1=S)C1CCS(=O)(=O)C1. The third-order valence-corrected chi connectivity index (χ3v) is 8.02. The van der Waals surface area contributed by atoms with E-state index in [-0.39, 0.29) is 35.8 Å². The number of carbonyl (C=O) groups is 2. The molecular formula is C19H22N2O4S3. The van der Waals surface area contributed by atoms with Gasteiger partial charge in [0.1, 0.15) is 4.32 Å². The molecule has 2 amide bonds. The molecule has 9 heteroatoms. The number of benzene rings is 1. The minimum absolute atomic E-state index is 0.0359. The number of sulfone groups is 1. The predicted octanol–water partition coefficient (Wildman–Crippen LogP) is 2.31. The number of rotatable bonds is 6. The normalized spacial score (nSPS) is 22.8. The number of amides is 2. The summed E-state index contributed by atoms with van der Waals surface area (Å²) in [6.45, 7) is 0.374. The predicted molar refractivity (Wildman–Crippen MR) is 115 cm³/mol. The summed E-state index contributed by atoms with van der Waals surface area (Å²) in [5, 5.41) is 0. The lowest BCUT2D eigenvalue weighted by atomic mass is 10.2. The molecule has 2 saturated heterocycles. The molecule has 2 heterocycles. The Balaban J connectivity index is 1.52. The van der Waals surface area contributed by atoms with Gasteiger partial charge in [0.15, 0.2) is 9.84 Å². The minimum Gasteiger partial charge on any atom is -0.342 e. The van der Waals surface area contributed by atoms with Crippen molar-refractivity contribution in [3.05, 3.63) is 40.8 Å². The molecule has 2 fully saturated rings. The Hall–Kier alpha value is -1.71. The average molecular weight is 439 g/mol. The summed E-state index contributed by atoms with van der Waals surface area (Å²) in [6.07, 6.45) is 3.04. The van der Waals surface area contributed by atoms with Crippen molar-refractivity contribution in [2.24, 2.45) is 0 Å². The highest BCUT2D eigenvalue weighted by Crippen LogP contribution is 2.32. The van der Waals surface area contributed by atoms with Gasteiger partial charge >= 0.3 is 0 Å². The molecule has 28 heavy (non-hydrogen) atoms. The van der Waals surface area contributed by atoms with Gasteiger partial charge in [-0.3, -0.25) is 14.5 Å². The Kier molecular flexibility index (Phi) is 6.57. The molecule has 1 aromatic carbocycles. The van der Waals surface area contributed by atoms with Gasteiger partial charge in [0.25, 0.3) is 5.91 Å². The van der Waals surface area contributed by atoms with Crippen molar-refractivity contribution in [2.75, 3.05) is 25.1 Å². The van der Waals surface area contributed by atoms with Gasteiger partial charge in [-0.1, -0.05) is 54.3 Å².